The summed E-state index contributed by atoms with van der Waals surface area (Å²) in [7, 11) is 0.370. The first-order valence-electron chi connectivity index (χ1n) is 7.66. The molecule has 0 unspecified atom stereocenters. The monoisotopic (exact) mass is 342 g/mol. The molecule has 1 aliphatic heterocycles. The molecule has 1 aromatic rings. The minimum Gasteiger partial charge on any atom is -0.394 e. The van der Waals surface area contributed by atoms with Crippen LogP contribution in [0.25, 0.3) is 0 Å². The summed E-state index contributed by atoms with van der Waals surface area (Å²) in [6.07, 6.45) is 0.549. The van der Waals surface area contributed by atoms with Crippen molar-refractivity contribution in [2.45, 2.75) is 51.7 Å². The number of hydrogen-bond acceptors (Lipinski definition) is 5. The molecule has 2 heterocycles. The summed E-state index contributed by atoms with van der Waals surface area (Å²) < 4.78 is 7.39. The van der Waals surface area contributed by atoms with Gasteiger partial charge >= 0.3 is 5.69 Å². The van der Waals surface area contributed by atoms with Crippen LogP contribution in [0.5, 0.6) is 0 Å². The van der Waals surface area contributed by atoms with E-state index in [1.807, 2.05) is 34.6 Å². The number of hydrogen-bond donors (Lipinski definition) is 3. The lowest BCUT2D eigenvalue weighted by Gasteiger charge is -2.51. The number of nitrogens with zero attached hydrogens (tertiary/aromatic N) is 1. The van der Waals surface area contributed by atoms with Crippen LogP contribution in [-0.4, -0.2) is 48.3 Å². The fourth-order valence-electron chi connectivity index (χ4n) is 3.97. The largest absolute Gasteiger partial charge is 0.394 e. The van der Waals surface area contributed by atoms with Gasteiger partial charge in [0.25, 0.3) is 5.56 Å². The van der Waals surface area contributed by atoms with E-state index in [9.17, 15) is 19.8 Å². The molecule has 3 atom stereocenters. The first-order chi connectivity index (χ1) is 10.3. The molecule has 7 nitrogen and oxygen atoms in total. The number of aromatic nitrogens is 2. The van der Waals surface area contributed by atoms with Crippen LogP contribution >= 0.6 is 0 Å². The highest BCUT2D eigenvalue weighted by Crippen LogP contribution is 2.59. The molecule has 1 aromatic heterocycles. The van der Waals surface area contributed by atoms with Crippen LogP contribution in [0.15, 0.2) is 21.9 Å². The van der Waals surface area contributed by atoms with E-state index >= 15 is 0 Å². The molecule has 3 N–H and O–H groups in total. The van der Waals surface area contributed by atoms with Crippen molar-refractivity contribution < 1.29 is 14.9 Å². The second-order valence-corrected chi connectivity index (χ2v) is 9.25. The Bertz CT molecular complexity index is 720. The van der Waals surface area contributed by atoms with Gasteiger partial charge in [0, 0.05) is 17.7 Å². The highest BCUT2D eigenvalue weighted by molar-refractivity contribution is 6.13. The van der Waals surface area contributed by atoms with E-state index in [-0.39, 0.29) is 6.61 Å². The van der Waals surface area contributed by atoms with Crippen molar-refractivity contribution in [3.63, 3.8) is 0 Å². The number of aliphatic hydroxyl groups excluding tert-OH is 1. The van der Waals surface area contributed by atoms with Gasteiger partial charge in [0.1, 0.15) is 17.1 Å². The molecule has 2 rings (SSSR count). The van der Waals surface area contributed by atoms with E-state index in [2.05, 4.69) is 4.98 Å². The van der Waals surface area contributed by atoms with E-state index in [0.717, 1.165) is 0 Å². The zero-order valence-electron chi connectivity index (χ0n) is 14.5. The summed E-state index contributed by atoms with van der Waals surface area (Å²) in [5.74, 6) is 0. The van der Waals surface area contributed by atoms with Crippen LogP contribution in [0.1, 0.15) is 34.6 Å². The van der Waals surface area contributed by atoms with Gasteiger partial charge in [0.05, 0.1) is 16.8 Å². The Balaban J connectivity index is 2.74. The molecular formula is C15H26N2O5Si. The van der Waals surface area contributed by atoms with Crippen LogP contribution in [0.2, 0.25) is 0 Å². The fraction of sp³-hybridized carbons (Fsp3) is 0.733. The third-order valence-electron chi connectivity index (χ3n) is 5.54. The van der Waals surface area contributed by atoms with Crippen LogP contribution in [0, 0.1) is 10.8 Å². The molecule has 0 bridgehead atoms. The lowest BCUT2D eigenvalue weighted by atomic mass is 9.60. The molecule has 0 radical (unpaired) electrons. The smallest absolute Gasteiger partial charge is 0.330 e. The molecule has 0 aliphatic carbocycles. The molecule has 1 saturated heterocycles. The standard InChI is InChI=1S/C15H26N2O5Si/c1-12(2,3)14(21)9(8-18)22-15(23,13(14,4)5)17-7-6-10(19)16-11(17)20/h6-7,9,18,21H,8H2,1-5,23H3,(H,16,19,20)/t9-,14+,15+/m1/s1. The molecule has 0 saturated carbocycles. The topological polar surface area (TPSA) is 105 Å². The lowest BCUT2D eigenvalue weighted by molar-refractivity contribution is -0.157. The molecule has 23 heavy (non-hydrogen) atoms. The number of nitrogens with one attached hydrogen (secondary N) is 1. The first kappa shape index (κ1) is 18.1. The molecule has 0 amide bonds. The van der Waals surface area contributed by atoms with Gasteiger partial charge in [0.15, 0.2) is 0 Å². The van der Waals surface area contributed by atoms with E-state index < -0.39 is 39.1 Å². The zero-order chi connectivity index (χ0) is 17.8. The average Bonchev–Trinajstić information content (AvgIpc) is 2.57. The number of rotatable bonds is 2. The number of aliphatic hydroxyl groups is 2. The lowest BCUT2D eigenvalue weighted by Crippen LogP contribution is -2.63. The van der Waals surface area contributed by atoms with Crippen molar-refractivity contribution in [1.82, 2.24) is 9.55 Å². The number of ether oxygens (including phenoxy) is 1. The number of H-pyrrole nitrogens is 1. The van der Waals surface area contributed by atoms with E-state index in [4.69, 9.17) is 4.74 Å². The van der Waals surface area contributed by atoms with Crippen molar-refractivity contribution in [2.24, 2.45) is 10.8 Å². The third kappa shape index (κ3) is 2.19. The third-order valence-corrected chi connectivity index (χ3v) is 7.51. The molecule has 1 fully saturated rings. The van der Waals surface area contributed by atoms with Crippen molar-refractivity contribution in [2.75, 3.05) is 6.61 Å². The van der Waals surface area contributed by atoms with Crippen LogP contribution < -0.4 is 11.2 Å². The van der Waals surface area contributed by atoms with Crippen LogP contribution in [0.3, 0.4) is 0 Å². The summed E-state index contributed by atoms with van der Waals surface area (Å²) in [5.41, 5.74) is -3.92. The van der Waals surface area contributed by atoms with E-state index in [1.54, 1.807) is 0 Å². The molecule has 0 aromatic carbocycles. The van der Waals surface area contributed by atoms with E-state index in [0.29, 0.717) is 10.2 Å². The Morgan fingerprint density at radius 1 is 1.39 bits per heavy atom. The Morgan fingerprint density at radius 3 is 2.35 bits per heavy atom. The maximum absolute atomic E-state index is 12.3. The second-order valence-electron chi connectivity index (χ2n) is 7.89. The molecule has 130 valence electrons. The Kier molecular flexibility index (Phi) is 4.05. The van der Waals surface area contributed by atoms with Gasteiger partial charge in [-0.15, -0.1) is 0 Å². The Morgan fingerprint density at radius 2 is 1.96 bits per heavy atom. The van der Waals surface area contributed by atoms with Gasteiger partial charge in [-0.1, -0.05) is 34.6 Å². The van der Waals surface area contributed by atoms with Gasteiger partial charge in [-0.3, -0.25) is 14.3 Å². The molecule has 1 aliphatic rings. The summed E-state index contributed by atoms with van der Waals surface area (Å²) in [4.78, 5) is 25.9. The summed E-state index contributed by atoms with van der Waals surface area (Å²) >= 11 is 0. The maximum Gasteiger partial charge on any atom is 0.330 e. The first-order valence-corrected chi connectivity index (χ1v) is 8.66. The van der Waals surface area contributed by atoms with Gasteiger partial charge in [-0.25, -0.2) is 4.79 Å². The second kappa shape index (κ2) is 5.14. The van der Waals surface area contributed by atoms with Gasteiger partial charge < -0.3 is 14.9 Å². The highest BCUT2D eigenvalue weighted by atomic mass is 28.1. The Hall–Kier alpha value is -1.22. The van der Waals surface area contributed by atoms with Crippen LogP contribution in [0.4, 0.5) is 0 Å². The molecule has 8 heteroatoms. The normalized spacial score (nSPS) is 34.0. The van der Waals surface area contributed by atoms with Gasteiger partial charge in [0.2, 0.25) is 0 Å². The predicted octanol–water partition coefficient (Wildman–Crippen LogP) is -1.29. The fourth-order valence-corrected chi connectivity index (χ4v) is 4.98. The summed E-state index contributed by atoms with van der Waals surface area (Å²) in [5, 5.41) is 20.2. The van der Waals surface area contributed by atoms with Crippen molar-refractivity contribution >= 4 is 10.2 Å². The maximum atomic E-state index is 12.3. The predicted molar refractivity (Wildman–Crippen MR) is 89.4 cm³/mol. The highest BCUT2D eigenvalue weighted by Gasteiger charge is 2.71. The van der Waals surface area contributed by atoms with Crippen molar-refractivity contribution in [3.8, 4) is 0 Å². The Labute approximate surface area is 137 Å². The minimum absolute atomic E-state index is 0.362. The van der Waals surface area contributed by atoms with Gasteiger partial charge in [-0.05, 0) is 5.41 Å². The summed E-state index contributed by atoms with van der Waals surface area (Å²) in [6, 6.07) is 1.25. The minimum atomic E-state index is -1.37. The SMILES string of the molecule is CC(C)(C)[C@@]1(O)[C@@H](CO)O[C@@]([SiH3])(n2ccc(=O)[nH]c2=O)C1(C)C. The molecule has 0 spiro atoms. The van der Waals surface area contributed by atoms with Gasteiger partial charge in [-0.2, -0.15) is 0 Å². The van der Waals surface area contributed by atoms with Crippen molar-refractivity contribution in [1.29, 1.82) is 0 Å². The molecular weight excluding hydrogens is 316 g/mol. The average molecular weight is 342 g/mol. The quantitative estimate of drug-likeness (QED) is 0.580. The zero-order valence-corrected chi connectivity index (χ0v) is 16.5. The van der Waals surface area contributed by atoms with Crippen LogP contribution in [-0.2, 0) is 10.1 Å². The van der Waals surface area contributed by atoms with Crippen molar-refractivity contribution in [3.05, 3.63) is 33.1 Å². The number of aromatic amines is 1. The summed E-state index contributed by atoms with van der Waals surface area (Å²) in [6.45, 7) is 8.94. The van der Waals surface area contributed by atoms with E-state index in [1.165, 1.54) is 16.8 Å².